The Kier molecular flexibility index (Phi) is 4.67. The summed E-state index contributed by atoms with van der Waals surface area (Å²) in [5, 5.41) is 0. The molecule has 0 atom stereocenters. The Balaban J connectivity index is 1.65. The van der Waals surface area contributed by atoms with Gasteiger partial charge in [0.15, 0.2) is 0 Å². The first-order chi connectivity index (χ1) is 11.8. The highest BCUT2D eigenvalue weighted by molar-refractivity contribution is 7.89. The van der Waals surface area contributed by atoms with E-state index in [1.165, 1.54) is 0 Å². The highest BCUT2D eigenvalue weighted by atomic mass is 32.2. The molecule has 132 valence electrons. The maximum atomic E-state index is 12.4. The summed E-state index contributed by atoms with van der Waals surface area (Å²) >= 11 is 0. The van der Waals surface area contributed by atoms with Crippen molar-refractivity contribution in [2.75, 3.05) is 6.54 Å². The summed E-state index contributed by atoms with van der Waals surface area (Å²) in [5.41, 5.74) is 2.82. The van der Waals surface area contributed by atoms with Gasteiger partial charge in [-0.15, -0.1) is 0 Å². The summed E-state index contributed by atoms with van der Waals surface area (Å²) in [7, 11) is -3.51. The van der Waals surface area contributed by atoms with Crippen molar-refractivity contribution in [1.29, 1.82) is 0 Å². The summed E-state index contributed by atoms with van der Waals surface area (Å²) in [6.45, 7) is 6.62. The van der Waals surface area contributed by atoms with Crippen molar-refractivity contribution < 1.29 is 8.42 Å². The van der Waals surface area contributed by atoms with Gasteiger partial charge < -0.3 is 4.40 Å². The number of rotatable bonds is 5. The molecule has 0 aliphatic rings. The molecule has 0 unspecified atom stereocenters. The van der Waals surface area contributed by atoms with Crippen LogP contribution in [0, 0.1) is 0 Å². The van der Waals surface area contributed by atoms with Crippen molar-refractivity contribution in [2.24, 2.45) is 0 Å². The second-order valence-corrected chi connectivity index (χ2v) is 8.89. The van der Waals surface area contributed by atoms with Gasteiger partial charge in [-0.05, 0) is 35.2 Å². The monoisotopic (exact) mass is 357 g/mol. The van der Waals surface area contributed by atoms with Gasteiger partial charge in [-0.2, -0.15) is 0 Å². The lowest BCUT2D eigenvalue weighted by Gasteiger charge is -2.19. The number of fused-ring (bicyclic) bond motifs is 1. The molecule has 1 aromatic carbocycles. The third-order valence-electron chi connectivity index (χ3n) is 4.12. The van der Waals surface area contributed by atoms with Crippen LogP contribution in [0.5, 0.6) is 0 Å². The zero-order valence-electron chi connectivity index (χ0n) is 14.7. The standard InChI is InChI=1S/C19H23N3O2S/c1-19(2,3)15-7-9-17(10-8-15)25(23,24)20-12-11-16-14-22-13-5-4-6-18(22)21-16/h4-10,13-14,20H,11-12H2,1-3H3. The first-order valence-electron chi connectivity index (χ1n) is 8.28. The first-order valence-corrected chi connectivity index (χ1v) is 9.77. The van der Waals surface area contributed by atoms with E-state index in [4.69, 9.17) is 0 Å². The van der Waals surface area contributed by atoms with E-state index in [1.807, 2.05) is 47.1 Å². The average Bonchev–Trinajstić information content (AvgIpc) is 2.96. The molecule has 0 radical (unpaired) electrons. The van der Waals surface area contributed by atoms with Crippen LogP contribution < -0.4 is 4.72 Å². The molecule has 0 bridgehead atoms. The molecule has 5 nitrogen and oxygen atoms in total. The van der Waals surface area contributed by atoms with E-state index in [1.54, 1.807) is 12.1 Å². The van der Waals surface area contributed by atoms with Crippen LogP contribution in [0.2, 0.25) is 0 Å². The van der Waals surface area contributed by atoms with Crippen molar-refractivity contribution in [3.05, 3.63) is 66.1 Å². The third kappa shape index (κ3) is 4.08. The Hall–Kier alpha value is -2.18. The Morgan fingerprint density at radius 2 is 1.80 bits per heavy atom. The van der Waals surface area contributed by atoms with E-state index in [0.717, 1.165) is 16.9 Å². The Bertz CT molecular complexity index is 935. The molecule has 0 aliphatic carbocycles. The molecule has 0 saturated carbocycles. The third-order valence-corrected chi connectivity index (χ3v) is 5.59. The van der Waals surface area contributed by atoms with Crippen molar-refractivity contribution in [1.82, 2.24) is 14.1 Å². The van der Waals surface area contributed by atoms with Crippen LogP contribution in [0.25, 0.3) is 5.65 Å². The summed E-state index contributed by atoms with van der Waals surface area (Å²) in [4.78, 5) is 4.76. The lowest BCUT2D eigenvalue weighted by atomic mass is 9.87. The molecule has 2 aromatic heterocycles. The average molecular weight is 357 g/mol. The molecule has 25 heavy (non-hydrogen) atoms. The van der Waals surface area contributed by atoms with Crippen LogP contribution in [0.1, 0.15) is 32.0 Å². The van der Waals surface area contributed by atoms with Crippen LogP contribution in [0.4, 0.5) is 0 Å². The van der Waals surface area contributed by atoms with Gasteiger partial charge >= 0.3 is 0 Å². The second-order valence-electron chi connectivity index (χ2n) is 7.12. The predicted molar refractivity (Wildman–Crippen MR) is 99.2 cm³/mol. The van der Waals surface area contributed by atoms with Gasteiger partial charge in [0.1, 0.15) is 5.65 Å². The fourth-order valence-corrected chi connectivity index (χ4v) is 3.67. The van der Waals surface area contributed by atoms with Crippen molar-refractivity contribution in [2.45, 2.75) is 37.5 Å². The number of benzene rings is 1. The van der Waals surface area contributed by atoms with E-state index in [0.29, 0.717) is 13.0 Å². The SMILES string of the molecule is CC(C)(C)c1ccc(S(=O)(=O)NCCc2cn3ccccc3n2)cc1. The van der Waals surface area contributed by atoms with Gasteiger partial charge in [0, 0.05) is 25.4 Å². The predicted octanol–water partition coefficient (Wildman–Crippen LogP) is 3.15. The summed E-state index contributed by atoms with van der Waals surface area (Å²) in [5.74, 6) is 0. The van der Waals surface area contributed by atoms with Gasteiger partial charge in [-0.3, -0.25) is 0 Å². The lowest BCUT2D eigenvalue weighted by molar-refractivity contribution is 0.578. The second kappa shape index (κ2) is 6.61. The number of imidazole rings is 1. The van der Waals surface area contributed by atoms with Crippen molar-refractivity contribution in [3.63, 3.8) is 0 Å². The Morgan fingerprint density at radius 3 is 2.44 bits per heavy atom. The number of sulfonamides is 1. The minimum atomic E-state index is -3.51. The number of nitrogens with one attached hydrogen (secondary N) is 1. The first kappa shape index (κ1) is 17.6. The minimum absolute atomic E-state index is 0.00115. The molecule has 0 aliphatic heterocycles. The highest BCUT2D eigenvalue weighted by Crippen LogP contribution is 2.23. The van der Waals surface area contributed by atoms with E-state index < -0.39 is 10.0 Å². The van der Waals surface area contributed by atoms with Gasteiger partial charge in [-0.1, -0.05) is 39.0 Å². The van der Waals surface area contributed by atoms with E-state index in [2.05, 4.69) is 30.5 Å². The van der Waals surface area contributed by atoms with Crippen LogP contribution in [0.3, 0.4) is 0 Å². The highest BCUT2D eigenvalue weighted by Gasteiger charge is 2.17. The summed E-state index contributed by atoms with van der Waals surface area (Å²) < 4.78 is 29.4. The van der Waals surface area contributed by atoms with Gasteiger partial charge in [0.2, 0.25) is 10.0 Å². The summed E-state index contributed by atoms with van der Waals surface area (Å²) in [6.07, 6.45) is 4.38. The molecule has 6 heteroatoms. The smallest absolute Gasteiger partial charge is 0.240 e. The van der Waals surface area contributed by atoms with Gasteiger partial charge in [0.25, 0.3) is 0 Å². The number of nitrogens with zero attached hydrogens (tertiary/aromatic N) is 2. The quantitative estimate of drug-likeness (QED) is 0.763. The van der Waals surface area contributed by atoms with E-state index in [-0.39, 0.29) is 10.3 Å². The fourth-order valence-electron chi connectivity index (χ4n) is 2.64. The molecule has 3 aromatic rings. The Labute approximate surface area is 148 Å². The number of aromatic nitrogens is 2. The van der Waals surface area contributed by atoms with Crippen molar-refractivity contribution >= 4 is 15.7 Å². The topological polar surface area (TPSA) is 63.5 Å². The molecule has 2 heterocycles. The van der Waals surface area contributed by atoms with Crippen LogP contribution in [0.15, 0.2) is 59.8 Å². The Morgan fingerprint density at radius 1 is 1.08 bits per heavy atom. The van der Waals surface area contributed by atoms with E-state index in [9.17, 15) is 8.42 Å². The van der Waals surface area contributed by atoms with Gasteiger partial charge in [0.05, 0.1) is 10.6 Å². The van der Waals surface area contributed by atoms with Gasteiger partial charge in [-0.25, -0.2) is 18.1 Å². The zero-order valence-corrected chi connectivity index (χ0v) is 15.5. The van der Waals surface area contributed by atoms with E-state index >= 15 is 0 Å². The van der Waals surface area contributed by atoms with Crippen LogP contribution in [-0.4, -0.2) is 24.3 Å². The zero-order chi connectivity index (χ0) is 18.1. The normalized spacial score (nSPS) is 12.6. The molecule has 3 rings (SSSR count). The minimum Gasteiger partial charge on any atom is -0.307 e. The maximum absolute atomic E-state index is 12.4. The maximum Gasteiger partial charge on any atom is 0.240 e. The van der Waals surface area contributed by atoms with Crippen LogP contribution in [-0.2, 0) is 21.9 Å². The molecular weight excluding hydrogens is 334 g/mol. The largest absolute Gasteiger partial charge is 0.307 e. The number of hydrogen-bond acceptors (Lipinski definition) is 3. The number of pyridine rings is 1. The lowest BCUT2D eigenvalue weighted by Crippen LogP contribution is -2.26. The molecule has 0 saturated heterocycles. The molecule has 0 amide bonds. The molecule has 1 N–H and O–H groups in total. The molecular formula is C19H23N3O2S. The van der Waals surface area contributed by atoms with Crippen LogP contribution >= 0.6 is 0 Å². The summed E-state index contributed by atoms with van der Waals surface area (Å²) in [6, 6.07) is 12.8. The number of hydrogen-bond donors (Lipinski definition) is 1. The van der Waals surface area contributed by atoms with Crippen molar-refractivity contribution in [3.8, 4) is 0 Å². The molecule has 0 spiro atoms. The molecule has 0 fully saturated rings. The fraction of sp³-hybridized carbons (Fsp3) is 0.316.